The first-order valence-electron chi connectivity index (χ1n) is 10.3. The van der Waals surface area contributed by atoms with Gasteiger partial charge in [-0.2, -0.15) is 15.0 Å². The van der Waals surface area contributed by atoms with Crippen LogP contribution in [0.3, 0.4) is 0 Å². The lowest BCUT2D eigenvalue weighted by Crippen LogP contribution is -2.07. The molecule has 2 aromatic carbocycles. The monoisotopic (exact) mass is 490 g/mol. The van der Waals surface area contributed by atoms with Crippen molar-refractivity contribution in [2.45, 2.75) is 17.5 Å². The molecule has 0 radical (unpaired) electrons. The summed E-state index contributed by atoms with van der Waals surface area (Å²) in [5.41, 5.74) is 7.68. The number of hydrogen-bond donors (Lipinski definition) is 2. The molecule has 34 heavy (non-hydrogen) atoms. The van der Waals surface area contributed by atoms with E-state index in [4.69, 9.17) is 21.8 Å². The first-order chi connectivity index (χ1) is 16.6. The Labute approximate surface area is 204 Å². The van der Waals surface area contributed by atoms with Crippen LogP contribution in [0, 0.1) is 0 Å². The van der Waals surface area contributed by atoms with E-state index in [2.05, 4.69) is 30.5 Å². The van der Waals surface area contributed by atoms with Crippen molar-refractivity contribution >= 4 is 40.9 Å². The lowest BCUT2D eigenvalue weighted by atomic mass is 10.2. The first-order valence-corrected chi connectivity index (χ1v) is 11.7. The summed E-state index contributed by atoms with van der Waals surface area (Å²) in [6, 6.07) is 20.9. The first kappa shape index (κ1) is 21.9. The highest BCUT2D eigenvalue weighted by Crippen LogP contribution is 2.28. The van der Waals surface area contributed by atoms with E-state index in [1.807, 2.05) is 71.3 Å². The number of aromatic nitrogens is 6. The fourth-order valence-corrected chi connectivity index (χ4v) is 4.17. The number of hydrogen-bond acceptors (Lipinski definition) is 9. The minimum Gasteiger partial charge on any atom is -0.467 e. The van der Waals surface area contributed by atoms with Crippen LogP contribution < -0.4 is 11.1 Å². The molecule has 3 aromatic heterocycles. The second-order valence-electron chi connectivity index (χ2n) is 7.19. The van der Waals surface area contributed by atoms with Gasteiger partial charge in [0.25, 0.3) is 0 Å². The number of nitrogens with one attached hydrogen (secondary N) is 1. The minimum atomic E-state index is 0.142. The standard InChI is InChI=1S/C23H19ClN8OS/c24-16-10-8-15(9-11-16)20-30-31-23(32(20)13-18-7-4-12-33-18)34-14-19-27-21(25)29-22(28-19)26-17-5-2-1-3-6-17/h1-12H,13-14H2,(H3,25,26,27,28,29). The van der Waals surface area contributed by atoms with E-state index >= 15 is 0 Å². The Bertz CT molecular complexity index is 1370. The van der Waals surface area contributed by atoms with Gasteiger partial charge in [0.2, 0.25) is 11.9 Å². The van der Waals surface area contributed by atoms with E-state index in [1.165, 1.54) is 11.8 Å². The largest absolute Gasteiger partial charge is 0.467 e. The van der Waals surface area contributed by atoms with Crippen LogP contribution in [0.1, 0.15) is 11.6 Å². The van der Waals surface area contributed by atoms with Gasteiger partial charge in [-0.1, -0.05) is 41.6 Å². The van der Waals surface area contributed by atoms with Crippen molar-refractivity contribution in [2.24, 2.45) is 0 Å². The molecule has 0 saturated carbocycles. The van der Waals surface area contributed by atoms with Crippen LogP contribution in [0.15, 0.2) is 82.6 Å². The molecule has 0 amide bonds. The molecule has 0 aliphatic heterocycles. The normalized spacial score (nSPS) is 11.0. The molecule has 170 valence electrons. The number of nitrogen functional groups attached to an aromatic ring is 1. The maximum absolute atomic E-state index is 6.06. The molecular formula is C23H19ClN8OS. The average molecular weight is 491 g/mol. The number of para-hydroxylation sites is 1. The van der Waals surface area contributed by atoms with Gasteiger partial charge in [-0.25, -0.2) is 0 Å². The molecule has 0 aliphatic rings. The highest BCUT2D eigenvalue weighted by atomic mass is 35.5. The zero-order chi connectivity index (χ0) is 23.3. The van der Waals surface area contributed by atoms with Crippen molar-refractivity contribution in [1.29, 1.82) is 0 Å². The maximum atomic E-state index is 6.06. The molecule has 5 aromatic rings. The van der Waals surface area contributed by atoms with Gasteiger partial charge in [0, 0.05) is 16.3 Å². The molecule has 0 atom stereocenters. The van der Waals surface area contributed by atoms with Gasteiger partial charge in [-0.3, -0.25) is 4.57 Å². The fraction of sp³-hybridized carbons (Fsp3) is 0.0870. The van der Waals surface area contributed by atoms with Gasteiger partial charge < -0.3 is 15.5 Å². The molecule has 5 rings (SSSR count). The Morgan fingerprint density at radius 1 is 0.941 bits per heavy atom. The number of anilines is 3. The lowest BCUT2D eigenvalue weighted by molar-refractivity contribution is 0.485. The van der Waals surface area contributed by atoms with E-state index < -0.39 is 0 Å². The van der Waals surface area contributed by atoms with Gasteiger partial charge in [-0.15, -0.1) is 10.2 Å². The van der Waals surface area contributed by atoms with Gasteiger partial charge in [0.15, 0.2) is 11.0 Å². The van der Waals surface area contributed by atoms with E-state index in [1.54, 1.807) is 6.26 Å². The van der Waals surface area contributed by atoms with Crippen molar-refractivity contribution in [1.82, 2.24) is 29.7 Å². The summed E-state index contributed by atoms with van der Waals surface area (Å²) in [5.74, 6) is 2.97. The van der Waals surface area contributed by atoms with Crippen molar-refractivity contribution in [2.75, 3.05) is 11.1 Å². The van der Waals surface area contributed by atoms with Crippen molar-refractivity contribution in [3.8, 4) is 11.4 Å². The van der Waals surface area contributed by atoms with Gasteiger partial charge >= 0.3 is 0 Å². The Hall–Kier alpha value is -3.89. The summed E-state index contributed by atoms with van der Waals surface area (Å²) in [5, 5.41) is 13.3. The Balaban J connectivity index is 1.39. The molecule has 0 spiro atoms. The van der Waals surface area contributed by atoms with Crippen LogP contribution in [-0.2, 0) is 12.3 Å². The number of halogens is 1. The van der Waals surface area contributed by atoms with Gasteiger partial charge in [-0.05, 0) is 48.5 Å². The van der Waals surface area contributed by atoms with Crippen LogP contribution in [0.25, 0.3) is 11.4 Å². The summed E-state index contributed by atoms with van der Waals surface area (Å²) in [6.45, 7) is 0.473. The Morgan fingerprint density at radius 3 is 2.53 bits per heavy atom. The van der Waals surface area contributed by atoms with Gasteiger partial charge in [0.05, 0.1) is 18.6 Å². The van der Waals surface area contributed by atoms with Crippen LogP contribution in [-0.4, -0.2) is 29.7 Å². The quantitative estimate of drug-likeness (QED) is 0.288. The summed E-state index contributed by atoms with van der Waals surface area (Å²) < 4.78 is 7.54. The SMILES string of the molecule is Nc1nc(CSc2nnc(-c3ccc(Cl)cc3)n2Cc2ccco2)nc(Nc2ccccc2)n1. The average Bonchev–Trinajstić information content (AvgIpc) is 3.49. The molecule has 3 heterocycles. The molecule has 0 fully saturated rings. The summed E-state index contributed by atoms with van der Waals surface area (Å²) >= 11 is 7.51. The molecule has 0 unspecified atom stereocenters. The number of rotatable bonds is 8. The van der Waals surface area contributed by atoms with Crippen LogP contribution >= 0.6 is 23.4 Å². The second kappa shape index (κ2) is 9.94. The number of furan rings is 1. The predicted molar refractivity (Wildman–Crippen MR) is 132 cm³/mol. The maximum Gasteiger partial charge on any atom is 0.232 e. The number of thioether (sulfide) groups is 1. The van der Waals surface area contributed by atoms with E-state index in [-0.39, 0.29) is 5.95 Å². The topological polar surface area (TPSA) is 121 Å². The number of benzene rings is 2. The minimum absolute atomic E-state index is 0.142. The van der Waals surface area contributed by atoms with Crippen LogP contribution in [0.5, 0.6) is 0 Å². The third kappa shape index (κ3) is 5.19. The Morgan fingerprint density at radius 2 is 1.76 bits per heavy atom. The Kier molecular flexibility index (Phi) is 6.41. The zero-order valence-electron chi connectivity index (χ0n) is 17.8. The van der Waals surface area contributed by atoms with Gasteiger partial charge in [0.1, 0.15) is 11.6 Å². The van der Waals surface area contributed by atoms with E-state index in [0.29, 0.717) is 40.1 Å². The molecule has 0 bridgehead atoms. The fourth-order valence-electron chi connectivity index (χ4n) is 3.25. The molecule has 9 nitrogen and oxygen atoms in total. The second-order valence-corrected chi connectivity index (χ2v) is 8.57. The molecule has 0 aliphatic carbocycles. The molecule has 0 saturated heterocycles. The molecule has 3 N–H and O–H groups in total. The highest BCUT2D eigenvalue weighted by molar-refractivity contribution is 7.98. The molecule has 11 heteroatoms. The third-order valence-corrected chi connectivity index (χ3v) is 5.99. The van der Waals surface area contributed by atoms with Crippen molar-refractivity contribution in [3.63, 3.8) is 0 Å². The lowest BCUT2D eigenvalue weighted by Gasteiger charge is -2.09. The number of nitrogens with zero attached hydrogens (tertiary/aromatic N) is 6. The number of nitrogens with two attached hydrogens (primary N) is 1. The van der Waals surface area contributed by atoms with Crippen molar-refractivity contribution < 1.29 is 4.42 Å². The van der Waals surface area contributed by atoms with E-state index in [0.717, 1.165) is 17.0 Å². The predicted octanol–water partition coefficient (Wildman–Crippen LogP) is 5.04. The zero-order valence-corrected chi connectivity index (χ0v) is 19.4. The summed E-state index contributed by atoms with van der Waals surface area (Å²) in [7, 11) is 0. The van der Waals surface area contributed by atoms with Crippen LogP contribution in [0.2, 0.25) is 5.02 Å². The van der Waals surface area contributed by atoms with Crippen molar-refractivity contribution in [3.05, 3.63) is 89.6 Å². The van der Waals surface area contributed by atoms with Crippen LogP contribution in [0.4, 0.5) is 17.6 Å². The third-order valence-electron chi connectivity index (χ3n) is 4.77. The highest BCUT2D eigenvalue weighted by Gasteiger charge is 2.17. The van der Waals surface area contributed by atoms with E-state index in [9.17, 15) is 0 Å². The smallest absolute Gasteiger partial charge is 0.232 e. The molecular weight excluding hydrogens is 472 g/mol. The summed E-state index contributed by atoms with van der Waals surface area (Å²) in [6.07, 6.45) is 1.64. The summed E-state index contributed by atoms with van der Waals surface area (Å²) in [4.78, 5) is 13.0.